The number of aryl methyl sites for hydroxylation is 2. The van der Waals surface area contributed by atoms with E-state index >= 15 is 0 Å². The highest BCUT2D eigenvalue weighted by atomic mass is 35.5. The number of nitrogens with one attached hydrogen (secondary N) is 1. The zero-order valence-electron chi connectivity index (χ0n) is 11.2. The van der Waals surface area contributed by atoms with Gasteiger partial charge in [0, 0.05) is 0 Å². The lowest BCUT2D eigenvalue weighted by Gasteiger charge is -2.06. The average molecular weight is 288 g/mol. The quantitative estimate of drug-likeness (QED) is 0.742. The molecule has 0 saturated heterocycles. The second kappa shape index (κ2) is 4.72. The van der Waals surface area contributed by atoms with Crippen molar-refractivity contribution in [3.8, 4) is 22.4 Å². The molecule has 0 atom stereocenters. The number of aromatic nitrogens is 2. The maximum Gasteiger partial charge on any atom is 0.202 e. The van der Waals surface area contributed by atoms with E-state index in [2.05, 4.69) is 36.2 Å². The monoisotopic (exact) mass is 287 g/mol. The topological polar surface area (TPSA) is 67.8 Å². The summed E-state index contributed by atoms with van der Waals surface area (Å²) in [5, 5.41) is 7.34. The van der Waals surface area contributed by atoms with Crippen molar-refractivity contribution in [1.82, 2.24) is 10.2 Å². The van der Waals surface area contributed by atoms with Crippen molar-refractivity contribution in [2.45, 2.75) is 13.8 Å². The van der Waals surface area contributed by atoms with E-state index in [9.17, 15) is 0 Å². The van der Waals surface area contributed by atoms with Crippen molar-refractivity contribution in [3.05, 3.63) is 46.9 Å². The maximum absolute atomic E-state index is 6.04. The molecule has 0 aliphatic rings. The lowest BCUT2D eigenvalue weighted by Crippen LogP contribution is -1.90. The highest BCUT2D eigenvalue weighted by Gasteiger charge is 2.18. The van der Waals surface area contributed by atoms with Crippen LogP contribution >= 0.6 is 11.6 Å². The molecule has 0 unspecified atom stereocenters. The molecular formula is C15H14ClN3O. The second-order valence-corrected chi connectivity index (χ2v) is 5.11. The van der Waals surface area contributed by atoms with E-state index in [1.54, 1.807) is 12.3 Å². The number of hydrogen-bond acceptors (Lipinski definition) is 3. The minimum atomic E-state index is 0.318. The number of rotatable bonds is 2. The lowest BCUT2D eigenvalue weighted by molar-refractivity contribution is 0.570. The van der Waals surface area contributed by atoms with Crippen LogP contribution in [0.4, 0.5) is 5.82 Å². The Bertz CT molecular complexity index is 773. The molecule has 0 radical (unpaired) electrons. The van der Waals surface area contributed by atoms with Crippen LogP contribution in [0.15, 0.2) is 34.9 Å². The van der Waals surface area contributed by atoms with Gasteiger partial charge in [-0.15, -0.1) is 0 Å². The predicted octanol–water partition coefficient (Wildman–Crippen LogP) is 4.19. The minimum absolute atomic E-state index is 0.318. The summed E-state index contributed by atoms with van der Waals surface area (Å²) >= 11 is 6.04. The van der Waals surface area contributed by atoms with Gasteiger partial charge >= 0.3 is 0 Å². The molecule has 3 aromatic rings. The Kier molecular flexibility index (Phi) is 3.03. The van der Waals surface area contributed by atoms with Gasteiger partial charge in [-0.05, 0) is 48.2 Å². The molecule has 0 spiro atoms. The van der Waals surface area contributed by atoms with Crippen LogP contribution in [0.1, 0.15) is 11.1 Å². The standard InChI is InChI=1S/C15H14ClN3O/c1-8-3-4-10(7-9(8)2)12-13(18-19-15(12)17)11-5-6-20-14(11)16/h3-7H,1-2H3,(H3,17,18,19). The Balaban J connectivity index is 2.21. The summed E-state index contributed by atoms with van der Waals surface area (Å²) in [6.45, 7) is 4.14. The van der Waals surface area contributed by atoms with Crippen LogP contribution in [-0.4, -0.2) is 10.2 Å². The molecule has 102 valence electrons. The van der Waals surface area contributed by atoms with Crippen LogP contribution in [0.2, 0.25) is 5.22 Å². The van der Waals surface area contributed by atoms with Crippen molar-refractivity contribution in [1.29, 1.82) is 0 Å². The van der Waals surface area contributed by atoms with E-state index < -0.39 is 0 Å². The van der Waals surface area contributed by atoms with E-state index in [1.165, 1.54) is 11.1 Å². The first-order chi connectivity index (χ1) is 9.58. The molecule has 0 amide bonds. The van der Waals surface area contributed by atoms with Gasteiger partial charge in [-0.1, -0.05) is 18.2 Å². The molecule has 1 aromatic carbocycles. The van der Waals surface area contributed by atoms with Crippen LogP contribution in [0.5, 0.6) is 0 Å². The summed E-state index contributed by atoms with van der Waals surface area (Å²) in [7, 11) is 0. The molecule has 2 heterocycles. The van der Waals surface area contributed by atoms with Gasteiger partial charge in [0.15, 0.2) is 5.82 Å². The van der Waals surface area contributed by atoms with E-state index in [4.69, 9.17) is 21.8 Å². The average Bonchev–Trinajstić information content (AvgIpc) is 2.99. The van der Waals surface area contributed by atoms with Gasteiger partial charge in [0.1, 0.15) is 0 Å². The van der Waals surface area contributed by atoms with Crippen molar-refractivity contribution >= 4 is 17.4 Å². The van der Waals surface area contributed by atoms with Gasteiger partial charge in [0.05, 0.1) is 23.1 Å². The minimum Gasteiger partial charge on any atom is -0.452 e. The van der Waals surface area contributed by atoms with E-state index in [-0.39, 0.29) is 0 Å². The number of furan rings is 1. The largest absolute Gasteiger partial charge is 0.452 e. The van der Waals surface area contributed by atoms with Gasteiger partial charge in [-0.2, -0.15) is 5.10 Å². The molecule has 0 fully saturated rings. The van der Waals surface area contributed by atoms with Crippen LogP contribution in [-0.2, 0) is 0 Å². The zero-order chi connectivity index (χ0) is 14.3. The first kappa shape index (κ1) is 12.8. The first-order valence-electron chi connectivity index (χ1n) is 6.22. The van der Waals surface area contributed by atoms with Crippen molar-refractivity contribution in [2.24, 2.45) is 0 Å². The maximum atomic E-state index is 6.04. The summed E-state index contributed by atoms with van der Waals surface area (Å²) in [4.78, 5) is 0. The van der Waals surface area contributed by atoms with E-state index in [0.717, 1.165) is 22.4 Å². The Labute approximate surface area is 121 Å². The molecule has 20 heavy (non-hydrogen) atoms. The lowest BCUT2D eigenvalue weighted by atomic mass is 9.98. The number of benzene rings is 1. The highest BCUT2D eigenvalue weighted by molar-refractivity contribution is 6.31. The van der Waals surface area contributed by atoms with Gasteiger partial charge in [0.25, 0.3) is 0 Å². The van der Waals surface area contributed by atoms with Gasteiger partial charge in [-0.3, -0.25) is 5.10 Å². The third-order valence-corrected chi connectivity index (χ3v) is 3.77. The van der Waals surface area contributed by atoms with Gasteiger partial charge < -0.3 is 10.2 Å². The Hall–Kier alpha value is -2.20. The third-order valence-electron chi connectivity index (χ3n) is 3.48. The smallest absolute Gasteiger partial charge is 0.202 e. The summed E-state index contributed by atoms with van der Waals surface area (Å²) in [6.07, 6.45) is 1.54. The van der Waals surface area contributed by atoms with Gasteiger partial charge in [-0.25, -0.2) is 0 Å². The van der Waals surface area contributed by atoms with Crippen LogP contribution in [0.25, 0.3) is 22.4 Å². The molecule has 5 heteroatoms. The molecule has 3 rings (SSSR count). The Morgan fingerprint density at radius 1 is 1.20 bits per heavy atom. The SMILES string of the molecule is Cc1ccc(-c2c(N)n[nH]c2-c2ccoc2Cl)cc1C. The molecule has 2 aromatic heterocycles. The number of hydrogen-bond donors (Lipinski definition) is 2. The fraction of sp³-hybridized carbons (Fsp3) is 0.133. The zero-order valence-corrected chi connectivity index (χ0v) is 12.0. The van der Waals surface area contributed by atoms with Crippen LogP contribution in [0, 0.1) is 13.8 Å². The number of nitrogens with two attached hydrogens (primary N) is 1. The fourth-order valence-corrected chi connectivity index (χ4v) is 2.42. The first-order valence-corrected chi connectivity index (χ1v) is 6.60. The number of halogens is 1. The number of anilines is 1. The van der Waals surface area contributed by atoms with Gasteiger partial charge in [0.2, 0.25) is 5.22 Å². The summed E-state index contributed by atoms with van der Waals surface area (Å²) in [5.74, 6) is 0.445. The normalized spacial score (nSPS) is 10.9. The molecule has 0 aliphatic carbocycles. The number of nitrogens with zero attached hydrogens (tertiary/aromatic N) is 1. The summed E-state index contributed by atoms with van der Waals surface area (Å²) < 4.78 is 5.14. The number of nitrogen functional groups attached to an aromatic ring is 1. The summed E-state index contributed by atoms with van der Waals surface area (Å²) in [6, 6.07) is 7.98. The van der Waals surface area contributed by atoms with Crippen molar-refractivity contribution in [3.63, 3.8) is 0 Å². The Morgan fingerprint density at radius 2 is 2.00 bits per heavy atom. The molecule has 0 aliphatic heterocycles. The van der Waals surface area contributed by atoms with E-state index in [0.29, 0.717) is 11.0 Å². The molecule has 4 nitrogen and oxygen atoms in total. The van der Waals surface area contributed by atoms with Crippen molar-refractivity contribution in [2.75, 3.05) is 5.73 Å². The third kappa shape index (κ3) is 1.98. The fourth-order valence-electron chi connectivity index (χ4n) is 2.21. The number of aromatic amines is 1. The molecule has 0 saturated carbocycles. The molecule has 3 N–H and O–H groups in total. The highest BCUT2D eigenvalue weighted by Crippen LogP contribution is 2.38. The second-order valence-electron chi connectivity index (χ2n) is 4.77. The Morgan fingerprint density at radius 3 is 2.65 bits per heavy atom. The van der Waals surface area contributed by atoms with Crippen LogP contribution < -0.4 is 5.73 Å². The predicted molar refractivity (Wildman–Crippen MR) is 80.6 cm³/mol. The van der Waals surface area contributed by atoms with E-state index in [1.807, 2.05) is 6.07 Å². The van der Waals surface area contributed by atoms with Crippen LogP contribution in [0.3, 0.4) is 0 Å². The summed E-state index contributed by atoms with van der Waals surface area (Å²) in [5.41, 5.74) is 11.8. The number of H-pyrrole nitrogens is 1. The molecular weight excluding hydrogens is 274 g/mol. The molecule has 0 bridgehead atoms. The van der Waals surface area contributed by atoms with Crippen molar-refractivity contribution < 1.29 is 4.42 Å².